The first-order valence-electron chi connectivity index (χ1n) is 9.85. The summed E-state index contributed by atoms with van der Waals surface area (Å²) < 4.78 is 8.25. The van der Waals surface area contributed by atoms with E-state index in [0.29, 0.717) is 15.2 Å². The number of hydrogen-bond acceptors (Lipinski definition) is 5. The van der Waals surface area contributed by atoms with Crippen LogP contribution >= 0.6 is 0 Å². The molecule has 0 N–H and O–H groups in total. The molecule has 0 aromatic carbocycles. The second-order valence-electron chi connectivity index (χ2n) is 7.58. The maximum absolute atomic E-state index is 10.2. The zero-order valence-corrected chi connectivity index (χ0v) is 22.2. The van der Waals surface area contributed by atoms with E-state index < -0.39 is 11.9 Å². The Morgan fingerprint density at radius 1 is 0.900 bits per heavy atom. The molecule has 0 unspecified atom stereocenters. The highest BCUT2D eigenvalue weighted by molar-refractivity contribution is 6.35. The lowest BCUT2D eigenvalue weighted by Crippen LogP contribution is -2.06. The minimum Gasteiger partial charge on any atom is -0.459 e. The maximum Gasteiger partial charge on any atom is 0.384 e. The highest BCUT2D eigenvalue weighted by atomic mass is 27.1. The van der Waals surface area contributed by atoms with E-state index in [-0.39, 0.29) is 0 Å². The average molecular weight is 440 g/mol. The second-order valence-corrected chi connectivity index (χ2v) is 9.44. The fraction of sp³-hybridized carbons (Fsp3) is 0.609. The zero-order valence-electron chi connectivity index (χ0n) is 20.8. The van der Waals surface area contributed by atoms with Gasteiger partial charge >= 0.3 is 11.9 Å². The van der Waals surface area contributed by atoms with Crippen LogP contribution in [0.1, 0.15) is 41.5 Å². The van der Waals surface area contributed by atoms with Crippen LogP contribution in [0.3, 0.4) is 0 Å². The fourth-order valence-electron chi connectivity index (χ4n) is 1.14. The molecular formula is C23H42AlNO5. The Balaban J connectivity index is -0.000000156. The number of rotatable bonds is 6. The molecule has 7 heteroatoms. The summed E-state index contributed by atoms with van der Waals surface area (Å²) >= 11 is 0.316. The summed E-state index contributed by atoms with van der Waals surface area (Å²) in [6, 6.07) is 0. The zero-order chi connectivity index (χ0) is 24.7. The van der Waals surface area contributed by atoms with Crippen molar-refractivity contribution in [1.29, 1.82) is 0 Å². The van der Waals surface area contributed by atoms with Crippen molar-refractivity contribution in [2.24, 2.45) is 11.8 Å². The minimum atomic E-state index is -0.759. The molecule has 0 aliphatic carbocycles. The number of allylic oxidation sites excluding steroid dienone is 2. The summed E-state index contributed by atoms with van der Waals surface area (Å²) in [5.74, 6) is 4.19. The second kappa shape index (κ2) is 25.0. The summed E-state index contributed by atoms with van der Waals surface area (Å²) in [5.41, 5.74) is 2.13. The fourth-order valence-corrected chi connectivity index (χ4v) is 3.01. The Labute approximate surface area is 190 Å². The molecule has 0 atom stereocenters. The number of carbonyl (C=O) groups is 3. The average Bonchev–Trinajstić information content (AvgIpc) is 2.66. The summed E-state index contributed by atoms with van der Waals surface area (Å²) in [5, 5.41) is 3.08. The molecular weight excluding hydrogens is 397 g/mol. The van der Waals surface area contributed by atoms with Crippen molar-refractivity contribution >= 4 is 33.6 Å². The Morgan fingerprint density at radius 3 is 1.30 bits per heavy atom. The van der Waals surface area contributed by atoms with E-state index in [9.17, 15) is 14.4 Å². The van der Waals surface area contributed by atoms with Gasteiger partial charge in [-0.1, -0.05) is 74.4 Å². The Morgan fingerprint density at radius 2 is 1.17 bits per heavy atom. The summed E-state index contributed by atoms with van der Waals surface area (Å²) in [6.07, 6.45) is 0.750. The van der Waals surface area contributed by atoms with E-state index in [2.05, 4.69) is 50.3 Å². The quantitative estimate of drug-likeness (QED) is 0.157. The lowest BCUT2D eigenvalue weighted by atomic mass is 10.2. The van der Waals surface area contributed by atoms with Crippen molar-refractivity contribution in [2.45, 2.75) is 52.1 Å². The van der Waals surface area contributed by atoms with Gasteiger partial charge in [-0.15, -0.1) is 0 Å². The lowest BCUT2D eigenvalue weighted by molar-refractivity contribution is -0.135. The lowest BCUT2D eigenvalue weighted by Gasteiger charge is -2.03. The van der Waals surface area contributed by atoms with Crippen molar-refractivity contribution in [3.63, 3.8) is 0 Å². The molecule has 0 aliphatic heterocycles. The third kappa shape index (κ3) is 45.0. The van der Waals surface area contributed by atoms with Crippen LogP contribution in [0.2, 0.25) is 10.6 Å². The highest BCUT2D eigenvalue weighted by Crippen LogP contribution is 2.05. The molecule has 30 heavy (non-hydrogen) atoms. The van der Waals surface area contributed by atoms with Crippen LogP contribution in [0.25, 0.3) is 0 Å². The molecule has 0 aromatic rings. The molecule has 0 saturated heterocycles. The molecule has 0 heterocycles. The molecule has 0 fully saturated rings. The smallest absolute Gasteiger partial charge is 0.384 e. The molecule has 0 aliphatic rings. The highest BCUT2D eigenvalue weighted by Gasteiger charge is 1.99. The van der Waals surface area contributed by atoms with Crippen LogP contribution in [0, 0.1) is 23.7 Å². The van der Waals surface area contributed by atoms with Gasteiger partial charge < -0.3 is 14.4 Å². The number of esters is 2. The number of methoxy groups -OCH3 is 2. The van der Waals surface area contributed by atoms with Crippen LogP contribution in [-0.2, 0) is 23.9 Å². The number of amides is 1. The topological polar surface area (TPSA) is 72.9 Å². The normalized spacial score (nSPS) is 8.27. The molecule has 0 aromatic heterocycles. The van der Waals surface area contributed by atoms with Gasteiger partial charge in [0.1, 0.15) is 0 Å². The first-order valence-corrected chi connectivity index (χ1v) is 11.9. The first kappa shape index (κ1) is 35.4. The first-order chi connectivity index (χ1) is 13.7. The van der Waals surface area contributed by atoms with Crippen LogP contribution < -0.4 is 0 Å². The molecule has 6 nitrogen and oxygen atoms in total. The van der Waals surface area contributed by atoms with Crippen molar-refractivity contribution in [2.75, 3.05) is 28.3 Å². The van der Waals surface area contributed by atoms with Crippen molar-refractivity contribution in [3.05, 3.63) is 24.3 Å². The molecule has 172 valence electrons. The number of ether oxygens (including phenoxy) is 2. The molecule has 0 radical (unpaired) electrons. The van der Waals surface area contributed by atoms with Crippen molar-refractivity contribution in [1.82, 2.24) is 4.90 Å². The van der Waals surface area contributed by atoms with Gasteiger partial charge in [0.2, 0.25) is 21.6 Å². The maximum atomic E-state index is 10.2. The van der Waals surface area contributed by atoms with Gasteiger partial charge in [0.15, 0.2) is 0 Å². The van der Waals surface area contributed by atoms with E-state index >= 15 is 0 Å². The standard InChI is InChI=1S/C6H6O4.C6H10.2C4H9.C3H7NO.Al.H/c1-9-5(7)3-4-6(8)10-2;1-5(2)6(3)4;2*1-4(2)3;1-4(2)3-5;;/h1-2H3;1,3H2,2,4H3;2*4H,1H2,2-3H3;3H,1-2H3;;. The van der Waals surface area contributed by atoms with Crippen LogP contribution in [0.15, 0.2) is 24.3 Å². The van der Waals surface area contributed by atoms with E-state index in [0.717, 1.165) is 29.4 Å². The molecule has 0 bridgehead atoms. The van der Waals surface area contributed by atoms with Gasteiger partial charge in [-0.2, -0.15) is 0 Å². The van der Waals surface area contributed by atoms with Crippen molar-refractivity contribution in [3.8, 4) is 11.8 Å². The Kier molecular flexibility index (Phi) is 29.5. The van der Waals surface area contributed by atoms with E-state index in [1.54, 1.807) is 14.1 Å². The van der Waals surface area contributed by atoms with E-state index in [1.807, 2.05) is 25.7 Å². The third-order valence-electron chi connectivity index (χ3n) is 3.14. The minimum absolute atomic E-state index is 0.316. The summed E-state index contributed by atoms with van der Waals surface area (Å²) in [7, 11) is 5.72. The number of hydrogen-bond donors (Lipinski definition) is 0. The molecule has 0 rings (SSSR count). The van der Waals surface area contributed by atoms with E-state index in [1.165, 1.54) is 29.7 Å². The van der Waals surface area contributed by atoms with Crippen LogP contribution in [0.5, 0.6) is 0 Å². The van der Waals surface area contributed by atoms with Gasteiger partial charge in [-0.05, 0) is 13.8 Å². The van der Waals surface area contributed by atoms with Gasteiger partial charge in [0, 0.05) is 25.9 Å². The van der Waals surface area contributed by atoms with Gasteiger partial charge in [0.05, 0.1) is 14.2 Å². The SMILES string of the molecule is C=C(C)C(=C)C.CC(C)[CH2][AlH][CH2]C(C)C.CN(C)C=O.COC(=O)C#CC(=O)OC. The van der Waals surface area contributed by atoms with Crippen molar-refractivity contribution < 1.29 is 23.9 Å². The largest absolute Gasteiger partial charge is 0.459 e. The van der Waals surface area contributed by atoms with E-state index in [4.69, 9.17) is 0 Å². The van der Waals surface area contributed by atoms with Crippen LogP contribution in [-0.4, -0.2) is 66.8 Å². The summed E-state index contributed by atoms with van der Waals surface area (Å²) in [6.45, 7) is 20.5. The Hall–Kier alpha value is -2.02. The predicted octanol–water partition coefficient (Wildman–Crippen LogP) is 3.75. The Bertz CT molecular complexity index is 518. The predicted molar refractivity (Wildman–Crippen MR) is 128 cm³/mol. The monoisotopic (exact) mass is 439 g/mol. The van der Waals surface area contributed by atoms with Gasteiger partial charge in [-0.25, -0.2) is 9.59 Å². The van der Waals surface area contributed by atoms with Gasteiger partial charge in [-0.3, -0.25) is 4.79 Å². The number of nitrogens with zero attached hydrogens (tertiary/aromatic N) is 1. The molecule has 0 saturated carbocycles. The third-order valence-corrected chi connectivity index (χ3v) is 6.27. The molecule has 1 amide bonds. The number of carbonyl (C=O) groups excluding carboxylic acids is 3. The van der Waals surface area contributed by atoms with Crippen LogP contribution in [0.4, 0.5) is 0 Å². The van der Waals surface area contributed by atoms with Gasteiger partial charge in [0.25, 0.3) is 0 Å². The summed E-state index contributed by atoms with van der Waals surface area (Å²) in [4.78, 5) is 31.3. The molecule has 0 spiro atoms.